The summed E-state index contributed by atoms with van der Waals surface area (Å²) in [5.41, 5.74) is 2.37. The third-order valence-corrected chi connectivity index (χ3v) is 3.12. The molecule has 3 nitrogen and oxygen atoms in total. The SMILES string of the molecule is [c]1cnc2ccc(CN3CCOCC3)cc2c1. The largest absolute Gasteiger partial charge is 0.379 e. The molecule has 3 heteroatoms. The van der Waals surface area contributed by atoms with Crippen molar-refractivity contribution in [2.75, 3.05) is 26.3 Å². The predicted molar refractivity (Wildman–Crippen MR) is 66.7 cm³/mol. The summed E-state index contributed by atoms with van der Waals surface area (Å²) in [5, 5.41) is 1.17. The van der Waals surface area contributed by atoms with E-state index in [0.717, 1.165) is 38.4 Å². The fourth-order valence-corrected chi connectivity index (χ4v) is 2.19. The van der Waals surface area contributed by atoms with Gasteiger partial charge in [0.05, 0.1) is 18.7 Å². The van der Waals surface area contributed by atoms with Crippen molar-refractivity contribution >= 4 is 10.9 Å². The van der Waals surface area contributed by atoms with E-state index in [2.05, 4.69) is 34.1 Å². The highest BCUT2D eigenvalue weighted by atomic mass is 16.5. The number of fused-ring (bicyclic) bond motifs is 1. The Balaban J connectivity index is 1.80. The highest BCUT2D eigenvalue weighted by Gasteiger charge is 2.10. The van der Waals surface area contributed by atoms with E-state index in [9.17, 15) is 0 Å². The Morgan fingerprint density at radius 3 is 3.06 bits per heavy atom. The molecule has 0 unspecified atom stereocenters. The van der Waals surface area contributed by atoms with Crippen molar-refractivity contribution in [2.45, 2.75) is 6.54 Å². The molecule has 1 fully saturated rings. The number of rotatable bonds is 2. The quantitative estimate of drug-likeness (QED) is 0.783. The van der Waals surface area contributed by atoms with E-state index >= 15 is 0 Å². The smallest absolute Gasteiger partial charge is 0.0702 e. The molecule has 0 N–H and O–H groups in total. The number of morpholine rings is 1. The van der Waals surface area contributed by atoms with Crippen molar-refractivity contribution in [2.24, 2.45) is 0 Å². The lowest BCUT2D eigenvalue weighted by atomic mass is 10.1. The van der Waals surface area contributed by atoms with Gasteiger partial charge >= 0.3 is 0 Å². The number of nitrogens with zero attached hydrogens (tertiary/aromatic N) is 2. The Bertz CT molecular complexity index is 506. The first kappa shape index (κ1) is 10.7. The zero-order chi connectivity index (χ0) is 11.5. The number of benzene rings is 1. The summed E-state index contributed by atoms with van der Waals surface area (Å²) in [4.78, 5) is 6.70. The van der Waals surface area contributed by atoms with E-state index in [1.165, 1.54) is 10.9 Å². The summed E-state index contributed by atoms with van der Waals surface area (Å²) in [5.74, 6) is 0. The number of aromatic nitrogens is 1. The third-order valence-electron chi connectivity index (χ3n) is 3.12. The van der Waals surface area contributed by atoms with Crippen LogP contribution in [0.1, 0.15) is 5.56 Å². The highest BCUT2D eigenvalue weighted by molar-refractivity contribution is 5.78. The van der Waals surface area contributed by atoms with Crippen molar-refractivity contribution in [1.29, 1.82) is 0 Å². The maximum absolute atomic E-state index is 5.35. The molecular formula is C14H15N2O. The molecule has 1 aromatic heterocycles. The normalized spacial score (nSPS) is 17.4. The maximum Gasteiger partial charge on any atom is 0.0702 e. The first-order valence-electron chi connectivity index (χ1n) is 5.97. The average molecular weight is 227 g/mol. The zero-order valence-corrected chi connectivity index (χ0v) is 9.72. The number of pyridine rings is 1. The van der Waals surface area contributed by atoms with Gasteiger partial charge in [-0.2, -0.15) is 0 Å². The minimum Gasteiger partial charge on any atom is -0.379 e. The van der Waals surface area contributed by atoms with Gasteiger partial charge in [-0.25, -0.2) is 0 Å². The van der Waals surface area contributed by atoms with Crippen LogP contribution in [-0.4, -0.2) is 36.2 Å². The van der Waals surface area contributed by atoms with Gasteiger partial charge < -0.3 is 4.74 Å². The molecule has 1 aromatic carbocycles. The molecular weight excluding hydrogens is 212 g/mol. The maximum atomic E-state index is 5.35. The van der Waals surface area contributed by atoms with Crippen LogP contribution >= 0.6 is 0 Å². The standard InChI is InChI=1S/C14H15N2O/c1-2-13-10-12(3-4-14(13)15-5-1)11-16-6-8-17-9-7-16/h2-5,10H,6-9,11H2. The molecule has 0 amide bonds. The average Bonchev–Trinajstić information content (AvgIpc) is 2.40. The summed E-state index contributed by atoms with van der Waals surface area (Å²) in [6.45, 7) is 4.74. The zero-order valence-electron chi connectivity index (χ0n) is 9.72. The second-order valence-electron chi connectivity index (χ2n) is 4.35. The summed E-state index contributed by atoms with van der Waals surface area (Å²) >= 11 is 0. The molecule has 0 atom stereocenters. The van der Waals surface area contributed by atoms with Crippen molar-refractivity contribution in [3.05, 3.63) is 42.1 Å². The summed E-state index contributed by atoms with van der Waals surface area (Å²) in [7, 11) is 0. The van der Waals surface area contributed by atoms with Crippen LogP contribution in [0, 0.1) is 6.07 Å². The lowest BCUT2D eigenvalue weighted by Crippen LogP contribution is -2.35. The lowest BCUT2D eigenvalue weighted by molar-refractivity contribution is 0.0342. The molecule has 1 aliphatic rings. The van der Waals surface area contributed by atoms with Gasteiger partial charge in [-0.05, 0) is 23.8 Å². The molecule has 0 aliphatic carbocycles. The fourth-order valence-electron chi connectivity index (χ4n) is 2.19. The molecule has 1 saturated heterocycles. The molecule has 3 rings (SSSR count). The monoisotopic (exact) mass is 227 g/mol. The highest BCUT2D eigenvalue weighted by Crippen LogP contribution is 2.15. The molecule has 2 aromatic rings. The fraction of sp³-hybridized carbons (Fsp3) is 0.357. The van der Waals surface area contributed by atoms with Gasteiger partial charge in [0.2, 0.25) is 0 Å². The van der Waals surface area contributed by atoms with E-state index in [-0.39, 0.29) is 0 Å². The molecule has 87 valence electrons. The molecule has 1 aliphatic heterocycles. The van der Waals surface area contributed by atoms with Crippen molar-refractivity contribution < 1.29 is 4.74 Å². The molecule has 0 saturated carbocycles. The second-order valence-corrected chi connectivity index (χ2v) is 4.35. The van der Waals surface area contributed by atoms with Gasteiger partial charge in [0.1, 0.15) is 0 Å². The molecule has 2 heterocycles. The Labute approximate surface area is 101 Å². The van der Waals surface area contributed by atoms with Crippen LogP contribution in [0.25, 0.3) is 10.9 Å². The minimum atomic E-state index is 0.850. The van der Waals surface area contributed by atoms with Gasteiger partial charge in [-0.1, -0.05) is 6.07 Å². The minimum absolute atomic E-state index is 0.850. The van der Waals surface area contributed by atoms with Crippen LogP contribution in [-0.2, 0) is 11.3 Å². The molecule has 17 heavy (non-hydrogen) atoms. The van der Waals surface area contributed by atoms with Crippen LogP contribution in [0.4, 0.5) is 0 Å². The summed E-state index contributed by atoms with van der Waals surface area (Å²) < 4.78 is 5.35. The predicted octanol–water partition coefficient (Wildman–Crippen LogP) is 1.87. The Kier molecular flexibility index (Phi) is 3.03. The Hall–Kier alpha value is -1.45. The first-order valence-corrected chi connectivity index (χ1v) is 5.97. The van der Waals surface area contributed by atoms with E-state index in [1.807, 2.05) is 6.07 Å². The molecule has 0 spiro atoms. The van der Waals surface area contributed by atoms with Gasteiger partial charge in [0.25, 0.3) is 0 Å². The van der Waals surface area contributed by atoms with Crippen molar-refractivity contribution in [3.8, 4) is 0 Å². The van der Waals surface area contributed by atoms with Gasteiger partial charge in [-0.3, -0.25) is 9.88 Å². The van der Waals surface area contributed by atoms with Gasteiger partial charge in [0.15, 0.2) is 0 Å². The second kappa shape index (κ2) is 4.82. The van der Waals surface area contributed by atoms with Crippen molar-refractivity contribution in [3.63, 3.8) is 0 Å². The van der Waals surface area contributed by atoms with Crippen LogP contribution in [0.2, 0.25) is 0 Å². The lowest BCUT2D eigenvalue weighted by Gasteiger charge is -2.26. The van der Waals surface area contributed by atoms with E-state index in [0.29, 0.717) is 0 Å². The summed E-state index contributed by atoms with van der Waals surface area (Å²) in [6, 6.07) is 11.5. The van der Waals surface area contributed by atoms with Crippen LogP contribution in [0.5, 0.6) is 0 Å². The first-order chi connectivity index (χ1) is 8.42. The van der Waals surface area contributed by atoms with E-state index in [1.54, 1.807) is 6.20 Å². The number of hydrogen-bond donors (Lipinski definition) is 0. The van der Waals surface area contributed by atoms with Crippen LogP contribution in [0.15, 0.2) is 30.5 Å². The number of hydrogen-bond acceptors (Lipinski definition) is 3. The van der Waals surface area contributed by atoms with Crippen LogP contribution in [0.3, 0.4) is 0 Å². The van der Waals surface area contributed by atoms with E-state index in [4.69, 9.17) is 4.74 Å². The van der Waals surface area contributed by atoms with E-state index < -0.39 is 0 Å². The third kappa shape index (κ3) is 2.46. The number of ether oxygens (including phenoxy) is 1. The summed E-state index contributed by atoms with van der Waals surface area (Å²) in [6.07, 6.45) is 1.71. The van der Waals surface area contributed by atoms with Gasteiger partial charge in [-0.15, -0.1) is 0 Å². The Morgan fingerprint density at radius 1 is 1.29 bits per heavy atom. The molecule has 1 radical (unpaired) electrons. The molecule has 0 bridgehead atoms. The van der Waals surface area contributed by atoms with Crippen LogP contribution < -0.4 is 0 Å². The topological polar surface area (TPSA) is 25.4 Å². The van der Waals surface area contributed by atoms with Gasteiger partial charge in [0, 0.05) is 37.3 Å². The van der Waals surface area contributed by atoms with Crippen molar-refractivity contribution in [1.82, 2.24) is 9.88 Å². The Morgan fingerprint density at radius 2 is 2.18 bits per heavy atom.